The monoisotopic (exact) mass is 417 g/mol. The minimum absolute atomic E-state index is 0.0402. The summed E-state index contributed by atoms with van der Waals surface area (Å²) in [4.78, 5) is 33.3. The van der Waals surface area contributed by atoms with Crippen molar-refractivity contribution in [3.63, 3.8) is 0 Å². The average Bonchev–Trinajstić information content (AvgIpc) is 3.32. The Morgan fingerprint density at radius 3 is 2.58 bits per heavy atom. The Morgan fingerprint density at radius 2 is 1.88 bits per heavy atom. The van der Waals surface area contributed by atoms with E-state index in [4.69, 9.17) is 0 Å². The maximum absolute atomic E-state index is 12.9. The van der Waals surface area contributed by atoms with E-state index in [2.05, 4.69) is 26.0 Å². The quantitative estimate of drug-likeness (QED) is 0.717. The first-order valence-electron chi connectivity index (χ1n) is 8.84. The van der Waals surface area contributed by atoms with E-state index in [-0.39, 0.29) is 17.9 Å². The van der Waals surface area contributed by atoms with Gasteiger partial charge in [0.2, 0.25) is 11.8 Å². The molecule has 0 bridgehead atoms. The Balaban J connectivity index is 1.40. The summed E-state index contributed by atoms with van der Waals surface area (Å²) in [6, 6.07) is 7.90. The maximum Gasteiger partial charge on any atom is 0.239 e. The minimum atomic E-state index is -0.565. The molecule has 4 rings (SSSR count). The lowest BCUT2D eigenvalue weighted by Crippen LogP contribution is -2.44. The van der Waals surface area contributed by atoms with Gasteiger partial charge in [-0.1, -0.05) is 12.1 Å². The van der Waals surface area contributed by atoms with Crippen LogP contribution in [-0.4, -0.2) is 51.1 Å². The second-order valence-corrected chi connectivity index (χ2v) is 7.57. The molecular weight excluding hydrogens is 398 g/mol. The fourth-order valence-electron chi connectivity index (χ4n) is 3.80. The summed E-state index contributed by atoms with van der Waals surface area (Å²) >= 11 is 3.49. The molecule has 2 fully saturated rings. The van der Waals surface area contributed by atoms with Crippen LogP contribution >= 0.6 is 15.9 Å². The third kappa shape index (κ3) is 3.13. The summed E-state index contributed by atoms with van der Waals surface area (Å²) in [5, 5.41) is 4.19. The van der Waals surface area contributed by atoms with Crippen LogP contribution in [0, 0.1) is 5.92 Å². The highest BCUT2D eigenvalue weighted by molar-refractivity contribution is 9.10. The third-order valence-electron chi connectivity index (χ3n) is 5.23. The molecule has 1 unspecified atom stereocenters. The zero-order valence-electron chi connectivity index (χ0n) is 14.3. The zero-order chi connectivity index (χ0) is 18.1. The van der Waals surface area contributed by atoms with Gasteiger partial charge >= 0.3 is 0 Å². The van der Waals surface area contributed by atoms with E-state index >= 15 is 0 Å². The maximum atomic E-state index is 12.9. The van der Waals surface area contributed by atoms with Crippen LogP contribution in [-0.2, 0) is 9.59 Å². The number of para-hydroxylation sites is 1. The Hall–Kier alpha value is -2.22. The Kier molecular flexibility index (Phi) is 4.76. The molecule has 2 aliphatic rings. The lowest BCUT2D eigenvalue weighted by atomic mass is 10.0. The number of rotatable bonds is 3. The topological polar surface area (TPSA) is 71.3 Å². The smallest absolute Gasteiger partial charge is 0.239 e. The van der Waals surface area contributed by atoms with Gasteiger partial charge in [-0.3, -0.25) is 9.59 Å². The van der Waals surface area contributed by atoms with Crippen LogP contribution in [0.15, 0.2) is 41.4 Å². The largest absolute Gasteiger partial charge is 0.342 e. The molecule has 2 aromatic rings. The number of aromatic nitrogens is 3. The van der Waals surface area contributed by atoms with Crippen molar-refractivity contribution in [1.29, 1.82) is 0 Å². The highest BCUT2D eigenvalue weighted by atomic mass is 79.9. The van der Waals surface area contributed by atoms with Gasteiger partial charge in [0, 0.05) is 24.1 Å². The van der Waals surface area contributed by atoms with Gasteiger partial charge in [0.15, 0.2) is 0 Å². The van der Waals surface area contributed by atoms with E-state index in [0.29, 0.717) is 26.1 Å². The van der Waals surface area contributed by atoms with Gasteiger partial charge in [0.1, 0.15) is 18.6 Å². The molecule has 1 aromatic heterocycles. The van der Waals surface area contributed by atoms with Crippen LogP contribution in [0.4, 0.5) is 5.69 Å². The van der Waals surface area contributed by atoms with Crippen LogP contribution in [0.1, 0.15) is 25.3 Å². The number of likely N-dealkylation sites (tertiary alicyclic amines) is 1. The van der Waals surface area contributed by atoms with Crippen LogP contribution in [0.3, 0.4) is 0 Å². The second kappa shape index (κ2) is 7.19. The summed E-state index contributed by atoms with van der Waals surface area (Å²) in [6.07, 6.45) is 5.50. The number of nitrogens with zero attached hydrogens (tertiary/aromatic N) is 5. The molecule has 0 aliphatic carbocycles. The molecular formula is C18H20BrN5O2. The van der Waals surface area contributed by atoms with Gasteiger partial charge in [-0.15, -0.1) is 0 Å². The standard InChI is InChI=1S/C18H20BrN5O2/c19-15-3-1-2-4-16(15)23-10-7-14(18(23)26)17(25)22-8-5-13(6-9-22)24-12-20-11-21-24/h1-4,11-14H,5-10H2. The SMILES string of the molecule is O=C(C1CCN(c2ccccc2Br)C1=O)N1CCC(n2cncn2)CC1. The Morgan fingerprint density at radius 1 is 1.12 bits per heavy atom. The van der Waals surface area contributed by atoms with E-state index in [1.54, 1.807) is 11.2 Å². The number of amides is 2. The Bertz CT molecular complexity index is 802. The predicted octanol–water partition coefficient (Wildman–Crippen LogP) is 2.26. The highest BCUT2D eigenvalue weighted by Gasteiger charge is 2.40. The fourth-order valence-corrected chi connectivity index (χ4v) is 4.29. The van der Waals surface area contributed by atoms with E-state index < -0.39 is 5.92 Å². The lowest BCUT2D eigenvalue weighted by molar-refractivity contribution is -0.140. The van der Waals surface area contributed by atoms with Crippen molar-refractivity contribution in [3.05, 3.63) is 41.4 Å². The molecule has 0 spiro atoms. The van der Waals surface area contributed by atoms with Crippen LogP contribution in [0.25, 0.3) is 0 Å². The highest BCUT2D eigenvalue weighted by Crippen LogP contribution is 2.32. The Labute approximate surface area is 160 Å². The second-order valence-electron chi connectivity index (χ2n) is 6.71. The first-order chi connectivity index (χ1) is 12.6. The van der Waals surface area contributed by atoms with Crippen LogP contribution in [0.2, 0.25) is 0 Å². The molecule has 2 aliphatic heterocycles. The van der Waals surface area contributed by atoms with Gasteiger partial charge in [-0.2, -0.15) is 5.10 Å². The van der Waals surface area contributed by atoms with Crippen molar-refractivity contribution in [1.82, 2.24) is 19.7 Å². The molecule has 136 valence electrons. The summed E-state index contributed by atoms with van der Waals surface area (Å²) in [5.74, 6) is -0.702. The van der Waals surface area contributed by atoms with E-state index in [1.807, 2.05) is 33.8 Å². The predicted molar refractivity (Wildman–Crippen MR) is 99.5 cm³/mol. The van der Waals surface area contributed by atoms with Crippen LogP contribution < -0.4 is 4.90 Å². The summed E-state index contributed by atoms with van der Waals surface area (Å²) in [7, 11) is 0. The molecule has 26 heavy (non-hydrogen) atoms. The molecule has 1 atom stereocenters. The van der Waals surface area contributed by atoms with Gasteiger partial charge in [0.25, 0.3) is 0 Å². The zero-order valence-corrected chi connectivity index (χ0v) is 15.9. The van der Waals surface area contributed by atoms with Crippen molar-refractivity contribution in [2.45, 2.75) is 25.3 Å². The first-order valence-corrected chi connectivity index (χ1v) is 9.63. The van der Waals surface area contributed by atoms with Gasteiger partial charge in [-0.25, -0.2) is 9.67 Å². The number of benzene rings is 1. The summed E-state index contributed by atoms with van der Waals surface area (Å²) in [5.41, 5.74) is 0.831. The van der Waals surface area contributed by atoms with Crippen molar-refractivity contribution >= 4 is 33.4 Å². The van der Waals surface area contributed by atoms with Gasteiger partial charge in [-0.05, 0) is 47.3 Å². The molecule has 8 heteroatoms. The third-order valence-corrected chi connectivity index (χ3v) is 5.90. The number of carbonyl (C=O) groups is 2. The van der Waals surface area contributed by atoms with Gasteiger partial charge in [0.05, 0.1) is 11.7 Å². The number of hydrogen-bond acceptors (Lipinski definition) is 4. The number of hydrogen-bond donors (Lipinski definition) is 0. The van der Waals surface area contributed by atoms with E-state index in [0.717, 1.165) is 23.0 Å². The molecule has 2 saturated heterocycles. The summed E-state index contributed by atoms with van der Waals surface area (Å²) in [6.45, 7) is 1.89. The fraction of sp³-hybridized carbons (Fsp3) is 0.444. The number of anilines is 1. The van der Waals surface area contributed by atoms with Gasteiger partial charge < -0.3 is 9.80 Å². The number of carbonyl (C=O) groups excluding carboxylic acids is 2. The minimum Gasteiger partial charge on any atom is -0.342 e. The normalized spacial score (nSPS) is 21.4. The molecule has 0 N–H and O–H groups in total. The van der Waals surface area contributed by atoms with E-state index in [1.165, 1.54) is 6.33 Å². The summed E-state index contributed by atoms with van der Waals surface area (Å²) < 4.78 is 2.73. The lowest BCUT2D eigenvalue weighted by Gasteiger charge is -2.33. The molecule has 3 heterocycles. The first kappa shape index (κ1) is 17.2. The van der Waals surface area contributed by atoms with Crippen molar-refractivity contribution in [2.24, 2.45) is 5.92 Å². The van der Waals surface area contributed by atoms with E-state index in [9.17, 15) is 9.59 Å². The number of piperidine rings is 1. The molecule has 0 saturated carbocycles. The van der Waals surface area contributed by atoms with Crippen molar-refractivity contribution in [3.8, 4) is 0 Å². The molecule has 2 amide bonds. The average molecular weight is 418 g/mol. The number of halogens is 1. The molecule has 1 aromatic carbocycles. The molecule has 0 radical (unpaired) electrons. The van der Waals surface area contributed by atoms with Crippen LogP contribution in [0.5, 0.6) is 0 Å². The van der Waals surface area contributed by atoms with Crippen molar-refractivity contribution < 1.29 is 9.59 Å². The molecule has 7 nitrogen and oxygen atoms in total. The van der Waals surface area contributed by atoms with Crippen molar-refractivity contribution in [2.75, 3.05) is 24.5 Å².